The molecule has 0 aliphatic heterocycles. The molecule has 0 bridgehead atoms. The Kier molecular flexibility index (Phi) is 7.09. The summed E-state index contributed by atoms with van der Waals surface area (Å²) in [5, 5.41) is 8.96. The highest BCUT2D eigenvalue weighted by molar-refractivity contribution is 4.81. The van der Waals surface area contributed by atoms with Crippen molar-refractivity contribution in [2.45, 2.75) is 26.8 Å². The highest BCUT2D eigenvalue weighted by Crippen LogP contribution is 2.20. The van der Waals surface area contributed by atoms with Crippen LogP contribution in [-0.4, -0.2) is 56.0 Å². The van der Waals surface area contributed by atoms with E-state index in [1.54, 1.807) is 7.11 Å². The monoisotopic (exact) mass is 218 g/mol. The Bertz CT molecular complexity index is 161. The van der Waals surface area contributed by atoms with E-state index in [9.17, 15) is 0 Å². The number of aliphatic hydroxyl groups excluding tert-OH is 1. The van der Waals surface area contributed by atoms with Crippen molar-refractivity contribution in [2.75, 3.05) is 40.0 Å². The fraction of sp³-hybridized carbons (Fsp3) is 1.00. The molecule has 0 amide bonds. The molecule has 0 aromatic heterocycles. The topological polar surface area (TPSA) is 58.7 Å². The third-order valence-corrected chi connectivity index (χ3v) is 2.89. The van der Waals surface area contributed by atoms with Crippen LogP contribution >= 0.6 is 0 Å². The number of rotatable bonds is 8. The summed E-state index contributed by atoms with van der Waals surface area (Å²) < 4.78 is 5.04. The Balaban J connectivity index is 4.13. The van der Waals surface area contributed by atoms with E-state index < -0.39 is 0 Å². The predicted octanol–water partition coefficient (Wildman–Crippen LogP) is 0.301. The lowest BCUT2D eigenvalue weighted by Gasteiger charge is -2.35. The summed E-state index contributed by atoms with van der Waals surface area (Å²) in [6.45, 7) is 9.59. The predicted molar refractivity (Wildman–Crippen MR) is 62.8 cm³/mol. The van der Waals surface area contributed by atoms with E-state index in [1.807, 2.05) is 6.92 Å². The largest absolute Gasteiger partial charge is 0.395 e. The van der Waals surface area contributed by atoms with Crippen molar-refractivity contribution >= 4 is 0 Å². The SMILES string of the molecule is COCCN(CCO)CC(C)(C)C(C)N. The molecule has 4 heteroatoms. The van der Waals surface area contributed by atoms with Gasteiger partial charge in [-0.05, 0) is 12.3 Å². The average Bonchev–Trinajstić information content (AvgIpc) is 2.14. The zero-order valence-corrected chi connectivity index (χ0v) is 10.5. The molecule has 92 valence electrons. The van der Waals surface area contributed by atoms with Crippen LogP contribution in [0.1, 0.15) is 20.8 Å². The van der Waals surface area contributed by atoms with Crippen LogP contribution in [0.3, 0.4) is 0 Å². The smallest absolute Gasteiger partial charge is 0.0589 e. The van der Waals surface area contributed by atoms with Crippen LogP contribution < -0.4 is 5.73 Å². The van der Waals surface area contributed by atoms with Crippen molar-refractivity contribution in [1.29, 1.82) is 0 Å². The lowest BCUT2D eigenvalue weighted by Crippen LogP contribution is -2.45. The van der Waals surface area contributed by atoms with Crippen LogP contribution in [0.25, 0.3) is 0 Å². The summed E-state index contributed by atoms with van der Waals surface area (Å²) in [7, 11) is 1.69. The molecule has 0 saturated heterocycles. The fourth-order valence-corrected chi connectivity index (χ4v) is 1.35. The molecule has 0 rings (SSSR count). The molecule has 1 unspecified atom stereocenters. The summed E-state index contributed by atoms with van der Waals surface area (Å²) in [6, 6.07) is 0.140. The van der Waals surface area contributed by atoms with Gasteiger partial charge in [0, 0.05) is 32.8 Å². The van der Waals surface area contributed by atoms with Crippen LogP contribution in [0.2, 0.25) is 0 Å². The molecular weight excluding hydrogens is 192 g/mol. The number of hydrogen-bond donors (Lipinski definition) is 2. The molecule has 1 atom stereocenters. The van der Waals surface area contributed by atoms with Gasteiger partial charge in [0.1, 0.15) is 0 Å². The molecule has 15 heavy (non-hydrogen) atoms. The number of nitrogens with zero attached hydrogens (tertiary/aromatic N) is 1. The zero-order chi connectivity index (χ0) is 11.9. The second kappa shape index (κ2) is 7.17. The third-order valence-electron chi connectivity index (χ3n) is 2.89. The lowest BCUT2D eigenvalue weighted by molar-refractivity contribution is 0.0942. The van der Waals surface area contributed by atoms with Crippen LogP contribution in [0.5, 0.6) is 0 Å². The molecule has 0 radical (unpaired) electrons. The summed E-state index contributed by atoms with van der Waals surface area (Å²) in [6.07, 6.45) is 0. The summed E-state index contributed by atoms with van der Waals surface area (Å²) in [4.78, 5) is 2.19. The second-order valence-electron chi connectivity index (χ2n) is 4.77. The molecule has 4 nitrogen and oxygen atoms in total. The maximum Gasteiger partial charge on any atom is 0.0589 e. The van der Waals surface area contributed by atoms with Crippen LogP contribution in [-0.2, 0) is 4.74 Å². The fourth-order valence-electron chi connectivity index (χ4n) is 1.35. The van der Waals surface area contributed by atoms with E-state index in [2.05, 4.69) is 18.7 Å². The number of hydrogen-bond acceptors (Lipinski definition) is 4. The van der Waals surface area contributed by atoms with Gasteiger partial charge in [0.2, 0.25) is 0 Å². The highest BCUT2D eigenvalue weighted by Gasteiger charge is 2.25. The number of ether oxygens (including phenoxy) is 1. The number of methoxy groups -OCH3 is 1. The van der Waals surface area contributed by atoms with E-state index >= 15 is 0 Å². The molecule has 0 heterocycles. The van der Waals surface area contributed by atoms with Crippen LogP contribution in [0.4, 0.5) is 0 Å². The average molecular weight is 218 g/mol. The van der Waals surface area contributed by atoms with Gasteiger partial charge in [0.25, 0.3) is 0 Å². The number of nitrogens with two attached hydrogens (primary N) is 1. The van der Waals surface area contributed by atoms with Gasteiger partial charge in [-0.25, -0.2) is 0 Å². The van der Waals surface area contributed by atoms with Gasteiger partial charge in [0.05, 0.1) is 13.2 Å². The Labute approximate surface area is 93.4 Å². The van der Waals surface area contributed by atoms with Gasteiger partial charge in [-0.2, -0.15) is 0 Å². The minimum absolute atomic E-state index is 0.0584. The second-order valence-corrected chi connectivity index (χ2v) is 4.77. The molecule has 0 aromatic carbocycles. The maximum atomic E-state index is 8.96. The van der Waals surface area contributed by atoms with E-state index in [0.29, 0.717) is 13.2 Å². The third kappa shape index (κ3) is 6.10. The summed E-state index contributed by atoms with van der Waals surface area (Å²) >= 11 is 0. The molecule has 0 aliphatic carbocycles. The highest BCUT2D eigenvalue weighted by atomic mass is 16.5. The Morgan fingerprint density at radius 3 is 2.40 bits per heavy atom. The van der Waals surface area contributed by atoms with E-state index in [4.69, 9.17) is 15.6 Å². The first-order valence-corrected chi connectivity index (χ1v) is 5.51. The Morgan fingerprint density at radius 2 is 2.00 bits per heavy atom. The van der Waals surface area contributed by atoms with Crippen molar-refractivity contribution in [3.63, 3.8) is 0 Å². The molecule has 0 aliphatic rings. The quantitative estimate of drug-likeness (QED) is 0.615. The first kappa shape index (κ1) is 14.8. The minimum atomic E-state index is 0.0584. The summed E-state index contributed by atoms with van der Waals surface area (Å²) in [5.74, 6) is 0. The van der Waals surface area contributed by atoms with Gasteiger partial charge in [-0.15, -0.1) is 0 Å². The van der Waals surface area contributed by atoms with E-state index in [0.717, 1.165) is 13.1 Å². The van der Waals surface area contributed by atoms with E-state index in [-0.39, 0.29) is 18.1 Å². The standard InChI is InChI=1S/C11H26N2O2/c1-10(12)11(2,3)9-13(5-7-14)6-8-15-4/h10,14H,5-9,12H2,1-4H3. The van der Waals surface area contributed by atoms with Crippen molar-refractivity contribution < 1.29 is 9.84 Å². The normalized spacial score (nSPS) is 14.6. The first-order valence-electron chi connectivity index (χ1n) is 5.51. The van der Waals surface area contributed by atoms with Gasteiger partial charge in [0.15, 0.2) is 0 Å². The first-order chi connectivity index (χ1) is 6.94. The molecule has 0 aromatic rings. The Morgan fingerprint density at radius 1 is 1.40 bits per heavy atom. The van der Waals surface area contributed by atoms with Gasteiger partial charge in [-0.1, -0.05) is 13.8 Å². The van der Waals surface area contributed by atoms with Gasteiger partial charge >= 0.3 is 0 Å². The zero-order valence-electron chi connectivity index (χ0n) is 10.5. The molecule has 0 fully saturated rings. The minimum Gasteiger partial charge on any atom is -0.395 e. The Hall–Kier alpha value is -0.160. The lowest BCUT2D eigenvalue weighted by atomic mass is 9.85. The molecular formula is C11H26N2O2. The molecule has 0 saturated carbocycles. The molecule has 3 N–H and O–H groups in total. The van der Waals surface area contributed by atoms with Crippen molar-refractivity contribution in [3.05, 3.63) is 0 Å². The van der Waals surface area contributed by atoms with E-state index in [1.165, 1.54) is 0 Å². The van der Waals surface area contributed by atoms with Crippen LogP contribution in [0.15, 0.2) is 0 Å². The van der Waals surface area contributed by atoms with Crippen LogP contribution in [0, 0.1) is 5.41 Å². The van der Waals surface area contributed by atoms with Gasteiger partial charge in [-0.3, -0.25) is 4.90 Å². The van der Waals surface area contributed by atoms with Crippen molar-refractivity contribution in [1.82, 2.24) is 4.90 Å². The maximum absolute atomic E-state index is 8.96. The van der Waals surface area contributed by atoms with Crippen molar-refractivity contribution in [3.8, 4) is 0 Å². The van der Waals surface area contributed by atoms with Crippen molar-refractivity contribution in [2.24, 2.45) is 11.1 Å². The van der Waals surface area contributed by atoms with Gasteiger partial charge < -0.3 is 15.6 Å². The number of aliphatic hydroxyl groups is 1. The summed E-state index contributed by atoms with van der Waals surface area (Å²) in [5.41, 5.74) is 5.98. The molecule has 0 spiro atoms.